The van der Waals surface area contributed by atoms with Gasteiger partial charge in [0.15, 0.2) is 0 Å². The van der Waals surface area contributed by atoms with E-state index >= 15 is 0 Å². The number of halogens is 1. The van der Waals surface area contributed by atoms with Crippen molar-refractivity contribution in [1.82, 2.24) is 9.55 Å². The van der Waals surface area contributed by atoms with Crippen molar-refractivity contribution >= 4 is 45.1 Å². The smallest absolute Gasteiger partial charge is 0.371 e. The number of aromatic carboxylic acids is 2. The highest BCUT2D eigenvalue weighted by Gasteiger charge is 2.22. The fourth-order valence-corrected chi connectivity index (χ4v) is 4.26. The van der Waals surface area contributed by atoms with Crippen molar-refractivity contribution in [3.8, 4) is 11.4 Å². The molecule has 0 radical (unpaired) electrons. The third-order valence-electron chi connectivity index (χ3n) is 4.53. The molecule has 0 aliphatic rings. The Hall–Kier alpha value is -3.43. The Kier molecular flexibility index (Phi) is 4.92. The molecule has 1 aromatic carbocycles. The lowest BCUT2D eigenvalue weighted by molar-refractivity contribution is 0.0657. The molecule has 0 bridgehead atoms. The van der Waals surface area contributed by atoms with Gasteiger partial charge < -0.3 is 14.6 Å². The number of benzene rings is 1. The second kappa shape index (κ2) is 7.43. The number of carboxylic acid groups (broad SMARTS) is 2. The van der Waals surface area contributed by atoms with E-state index in [1.54, 1.807) is 31.2 Å². The third-order valence-corrected chi connectivity index (χ3v) is 5.96. The number of carboxylic acids is 2. The van der Waals surface area contributed by atoms with Gasteiger partial charge in [0.05, 0.1) is 11.9 Å². The molecular formula is C20H13ClN2O6S. The van der Waals surface area contributed by atoms with Crippen molar-refractivity contribution in [3.63, 3.8) is 0 Å². The molecule has 10 heteroatoms. The summed E-state index contributed by atoms with van der Waals surface area (Å²) in [5, 5.41) is 19.2. The monoisotopic (exact) mass is 444 g/mol. The molecule has 3 aromatic heterocycles. The average Bonchev–Trinajstić information content (AvgIpc) is 3.29. The molecule has 3 heterocycles. The number of furan rings is 1. The number of aromatic nitrogens is 2. The Bertz CT molecular complexity index is 1370. The van der Waals surface area contributed by atoms with E-state index in [1.807, 2.05) is 0 Å². The van der Waals surface area contributed by atoms with Crippen molar-refractivity contribution in [3.05, 3.63) is 73.7 Å². The van der Waals surface area contributed by atoms with E-state index in [-0.39, 0.29) is 34.2 Å². The fraction of sp³-hybridized carbons (Fsp3) is 0.100. The van der Waals surface area contributed by atoms with Crippen LogP contribution in [0.5, 0.6) is 0 Å². The topological polar surface area (TPSA) is 123 Å². The number of hydrogen-bond donors (Lipinski definition) is 2. The molecular weight excluding hydrogens is 432 g/mol. The first-order chi connectivity index (χ1) is 14.3. The number of hydrogen-bond acceptors (Lipinski definition) is 6. The first-order valence-corrected chi connectivity index (χ1v) is 9.81. The Morgan fingerprint density at radius 2 is 1.83 bits per heavy atom. The summed E-state index contributed by atoms with van der Waals surface area (Å²) >= 11 is 6.89. The quantitative estimate of drug-likeness (QED) is 0.474. The Morgan fingerprint density at radius 3 is 2.43 bits per heavy atom. The molecule has 0 saturated carbocycles. The van der Waals surface area contributed by atoms with E-state index in [0.29, 0.717) is 21.0 Å². The third kappa shape index (κ3) is 3.38. The lowest BCUT2D eigenvalue weighted by Gasteiger charge is -2.12. The van der Waals surface area contributed by atoms with Gasteiger partial charge in [-0.2, -0.15) is 0 Å². The van der Waals surface area contributed by atoms with Crippen LogP contribution >= 0.6 is 22.9 Å². The van der Waals surface area contributed by atoms with E-state index < -0.39 is 17.5 Å². The predicted molar refractivity (Wildman–Crippen MR) is 111 cm³/mol. The number of carbonyl (C=O) groups is 2. The maximum atomic E-state index is 13.3. The molecule has 0 aliphatic carbocycles. The van der Waals surface area contributed by atoms with Crippen LogP contribution in [0.25, 0.3) is 21.6 Å². The summed E-state index contributed by atoms with van der Waals surface area (Å²) in [6, 6.07) is 9.44. The molecule has 0 atom stereocenters. The van der Waals surface area contributed by atoms with Crippen molar-refractivity contribution in [2.45, 2.75) is 13.5 Å². The van der Waals surface area contributed by atoms with Crippen LogP contribution in [-0.2, 0) is 6.54 Å². The normalized spacial score (nSPS) is 11.1. The van der Waals surface area contributed by atoms with Gasteiger partial charge >= 0.3 is 11.9 Å². The average molecular weight is 445 g/mol. The summed E-state index contributed by atoms with van der Waals surface area (Å²) in [5.41, 5.74) is 0.480. The van der Waals surface area contributed by atoms with Gasteiger partial charge in [0.2, 0.25) is 5.76 Å². The molecule has 0 aliphatic heterocycles. The lowest BCUT2D eigenvalue weighted by atomic mass is 10.1. The maximum absolute atomic E-state index is 13.3. The molecule has 0 fully saturated rings. The van der Waals surface area contributed by atoms with Crippen molar-refractivity contribution < 1.29 is 24.2 Å². The summed E-state index contributed by atoms with van der Waals surface area (Å²) in [6.45, 7) is 1.48. The van der Waals surface area contributed by atoms with E-state index in [0.717, 1.165) is 11.3 Å². The van der Waals surface area contributed by atoms with Gasteiger partial charge in [0.1, 0.15) is 21.3 Å². The number of aryl methyl sites for hydroxylation is 1. The second-order valence-electron chi connectivity index (χ2n) is 6.45. The Labute approximate surface area is 177 Å². The van der Waals surface area contributed by atoms with Crippen LogP contribution in [0.1, 0.15) is 31.6 Å². The van der Waals surface area contributed by atoms with Crippen molar-refractivity contribution in [2.75, 3.05) is 0 Å². The molecule has 0 saturated heterocycles. The minimum absolute atomic E-state index is 0.0422. The zero-order chi connectivity index (χ0) is 21.6. The van der Waals surface area contributed by atoms with E-state index in [9.17, 15) is 19.5 Å². The highest BCUT2D eigenvalue weighted by Crippen LogP contribution is 2.30. The van der Waals surface area contributed by atoms with Crippen LogP contribution in [0.2, 0.25) is 5.02 Å². The maximum Gasteiger partial charge on any atom is 0.371 e. The predicted octanol–water partition coefficient (Wildman–Crippen LogP) is 4.12. The number of rotatable bonds is 5. The van der Waals surface area contributed by atoms with Crippen LogP contribution in [0.15, 0.2) is 45.6 Å². The summed E-state index contributed by atoms with van der Waals surface area (Å²) in [5.74, 6) is -2.07. The van der Waals surface area contributed by atoms with Gasteiger partial charge in [0.25, 0.3) is 5.56 Å². The van der Waals surface area contributed by atoms with E-state index in [1.165, 1.54) is 16.7 Å². The SMILES string of the molecule is Cc1c(C(=O)O)sc2nc(-c3ccc(Cl)cc3)n(Cc3ccc(C(=O)O)o3)c(=O)c12. The molecule has 30 heavy (non-hydrogen) atoms. The molecule has 2 N–H and O–H groups in total. The highest BCUT2D eigenvalue weighted by atomic mass is 35.5. The molecule has 4 rings (SSSR count). The van der Waals surface area contributed by atoms with Gasteiger partial charge in [-0.25, -0.2) is 14.6 Å². The first kappa shape index (κ1) is 19.9. The molecule has 4 aromatic rings. The van der Waals surface area contributed by atoms with Crippen LogP contribution in [0.4, 0.5) is 0 Å². The molecule has 8 nitrogen and oxygen atoms in total. The molecule has 0 spiro atoms. The highest BCUT2D eigenvalue weighted by molar-refractivity contribution is 7.20. The van der Waals surface area contributed by atoms with Crippen LogP contribution in [0, 0.1) is 6.92 Å². The Balaban J connectivity index is 1.97. The minimum atomic E-state index is -1.22. The minimum Gasteiger partial charge on any atom is -0.477 e. The van der Waals surface area contributed by atoms with Crippen LogP contribution < -0.4 is 5.56 Å². The summed E-state index contributed by atoms with van der Waals surface area (Å²) < 4.78 is 6.63. The van der Waals surface area contributed by atoms with Crippen molar-refractivity contribution in [2.24, 2.45) is 0 Å². The zero-order valence-electron chi connectivity index (χ0n) is 15.4. The summed E-state index contributed by atoms with van der Waals surface area (Å²) in [6.07, 6.45) is 0. The van der Waals surface area contributed by atoms with E-state index in [4.69, 9.17) is 21.1 Å². The van der Waals surface area contributed by atoms with Gasteiger partial charge in [0, 0.05) is 10.6 Å². The Morgan fingerprint density at radius 1 is 1.13 bits per heavy atom. The van der Waals surface area contributed by atoms with Gasteiger partial charge in [-0.1, -0.05) is 11.6 Å². The molecule has 0 amide bonds. The first-order valence-electron chi connectivity index (χ1n) is 8.61. The van der Waals surface area contributed by atoms with E-state index in [2.05, 4.69) is 4.98 Å². The van der Waals surface area contributed by atoms with Crippen molar-refractivity contribution in [1.29, 1.82) is 0 Å². The number of thiophene rings is 1. The molecule has 152 valence electrons. The fourth-order valence-electron chi connectivity index (χ4n) is 3.12. The van der Waals surface area contributed by atoms with Gasteiger partial charge in [-0.05, 0) is 48.9 Å². The molecule has 0 unspecified atom stereocenters. The van der Waals surface area contributed by atoms with Crippen LogP contribution in [-0.4, -0.2) is 31.7 Å². The van der Waals surface area contributed by atoms with Crippen LogP contribution in [0.3, 0.4) is 0 Å². The van der Waals surface area contributed by atoms with Gasteiger partial charge in [-0.3, -0.25) is 9.36 Å². The lowest BCUT2D eigenvalue weighted by Crippen LogP contribution is -2.24. The number of nitrogens with zero attached hydrogens (tertiary/aromatic N) is 2. The standard InChI is InChI=1S/C20H13ClN2O6S/c1-9-14-17(30-15(9)20(27)28)22-16(10-2-4-11(21)5-3-10)23(18(14)24)8-12-6-7-13(29-12)19(25)26/h2-7H,8H2,1H3,(H,25,26)(H,27,28). The summed E-state index contributed by atoms with van der Waals surface area (Å²) in [4.78, 5) is 40.9. The zero-order valence-corrected chi connectivity index (χ0v) is 17.0. The number of fused-ring (bicyclic) bond motifs is 1. The second-order valence-corrected chi connectivity index (χ2v) is 7.88. The summed E-state index contributed by atoms with van der Waals surface area (Å²) in [7, 11) is 0. The van der Waals surface area contributed by atoms with Gasteiger partial charge in [-0.15, -0.1) is 11.3 Å². The largest absolute Gasteiger partial charge is 0.477 e.